The van der Waals surface area contributed by atoms with E-state index in [0.29, 0.717) is 16.7 Å². The van der Waals surface area contributed by atoms with Crippen molar-refractivity contribution in [2.24, 2.45) is 0 Å². The van der Waals surface area contributed by atoms with Crippen molar-refractivity contribution >= 4 is 0 Å². The minimum atomic E-state index is -0.529. The molecule has 0 spiro atoms. The van der Waals surface area contributed by atoms with E-state index in [0.717, 1.165) is 0 Å². The number of aryl methyl sites for hydroxylation is 1. The smallest absolute Gasteiger partial charge is 0.144 e. The summed E-state index contributed by atoms with van der Waals surface area (Å²) >= 11 is 0. The first-order valence-electron chi connectivity index (χ1n) is 3.71. The van der Waals surface area contributed by atoms with E-state index in [1.807, 2.05) is 6.07 Å². The predicted molar refractivity (Wildman–Crippen MR) is 45.3 cm³/mol. The van der Waals surface area contributed by atoms with Gasteiger partial charge in [0.1, 0.15) is 11.9 Å². The van der Waals surface area contributed by atoms with Crippen molar-refractivity contribution < 1.29 is 4.39 Å². The Balaban J connectivity index is 3.63. The van der Waals surface area contributed by atoms with Crippen molar-refractivity contribution in [2.45, 2.75) is 13.8 Å². The number of halogens is 1. The van der Waals surface area contributed by atoms with Crippen LogP contribution in [0.1, 0.15) is 22.3 Å². The monoisotopic (exact) mass is 174 g/mol. The molecule has 0 aromatic heterocycles. The van der Waals surface area contributed by atoms with Gasteiger partial charge < -0.3 is 0 Å². The molecule has 0 amide bonds. The summed E-state index contributed by atoms with van der Waals surface area (Å²) in [5.41, 5.74) is 1.07. The van der Waals surface area contributed by atoms with Crippen LogP contribution in [0, 0.1) is 42.3 Å². The second kappa shape index (κ2) is 3.25. The standard InChI is InChI=1S/C10H7FN2/c1-6-3-8(4-12)7(2)9(5-13)10(6)11/h3H,1-2H3. The van der Waals surface area contributed by atoms with E-state index in [4.69, 9.17) is 10.5 Å². The summed E-state index contributed by atoms with van der Waals surface area (Å²) in [6, 6.07) is 5.12. The lowest BCUT2D eigenvalue weighted by atomic mass is 10.00. The number of nitriles is 2. The number of nitrogens with zero attached hydrogens (tertiary/aromatic N) is 2. The van der Waals surface area contributed by atoms with E-state index < -0.39 is 5.82 Å². The molecule has 0 saturated heterocycles. The van der Waals surface area contributed by atoms with Crippen molar-refractivity contribution in [1.82, 2.24) is 0 Å². The summed E-state index contributed by atoms with van der Waals surface area (Å²) in [6.07, 6.45) is 0. The zero-order valence-electron chi connectivity index (χ0n) is 7.35. The van der Waals surface area contributed by atoms with Crippen LogP contribution in [0.5, 0.6) is 0 Å². The van der Waals surface area contributed by atoms with Crippen LogP contribution in [0.15, 0.2) is 6.07 Å². The maximum absolute atomic E-state index is 13.2. The fourth-order valence-corrected chi connectivity index (χ4v) is 1.13. The van der Waals surface area contributed by atoms with Crippen molar-refractivity contribution in [3.8, 4) is 12.1 Å². The lowest BCUT2D eigenvalue weighted by Gasteiger charge is -2.04. The average molecular weight is 174 g/mol. The van der Waals surface area contributed by atoms with E-state index >= 15 is 0 Å². The Morgan fingerprint density at radius 2 is 1.85 bits per heavy atom. The molecule has 13 heavy (non-hydrogen) atoms. The number of benzene rings is 1. The van der Waals surface area contributed by atoms with Crippen LogP contribution in [-0.4, -0.2) is 0 Å². The maximum Gasteiger partial charge on any atom is 0.144 e. The van der Waals surface area contributed by atoms with Gasteiger partial charge in [-0.1, -0.05) is 0 Å². The summed E-state index contributed by atoms with van der Waals surface area (Å²) < 4.78 is 13.2. The van der Waals surface area contributed by atoms with E-state index in [2.05, 4.69) is 0 Å². The molecule has 0 atom stereocenters. The SMILES string of the molecule is Cc1cc(C#N)c(C)c(C#N)c1F. The second-order valence-electron chi connectivity index (χ2n) is 2.78. The largest absolute Gasteiger partial charge is 0.205 e. The lowest BCUT2D eigenvalue weighted by molar-refractivity contribution is 0.613. The molecule has 0 fully saturated rings. The van der Waals surface area contributed by atoms with Gasteiger partial charge in [0.25, 0.3) is 0 Å². The summed E-state index contributed by atoms with van der Waals surface area (Å²) in [7, 11) is 0. The van der Waals surface area contributed by atoms with Gasteiger partial charge in [0.15, 0.2) is 0 Å². The fourth-order valence-electron chi connectivity index (χ4n) is 1.13. The highest BCUT2D eigenvalue weighted by molar-refractivity contribution is 5.50. The molecule has 0 N–H and O–H groups in total. The molecule has 64 valence electrons. The van der Waals surface area contributed by atoms with Crippen LogP contribution in [0.3, 0.4) is 0 Å². The maximum atomic E-state index is 13.2. The third-order valence-electron chi connectivity index (χ3n) is 1.94. The minimum absolute atomic E-state index is 0.0310. The molecule has 1 rings (SSSR count). The molecule has 1 aromatic rings. The van der Waals surface area contributed by atoms with E-state index in [1.54, 1.807) is 13.0 Å². The Hall–Kier alpha value is -1.87. The number of rotatable bonds is 0. The summed E-state index contributed by atoms with van der Waals surface area (Å²) in [5, 5.41) is 17.3. The first-order chi connectivity index (χ1) is 6.11. The molecule has 0 aliphatic heterocycles. The topological polar surface area (TPSA) is 47.6 Å². The average Bonchev–Trinajstić information content (AvgIpc) is 2.12. The van der Waals surface area contributed by atoms with Crippen molar-refractivity contribution in [3.05, 3.63) is 34.1 Å². The van der Waals surface area contributed by atoms with Gasteiger partial charge in [0.05, 0.1) is 17.2 Å². The highest BCUT2D eigenvalue weighted by Gasteiger charge is 2.12. The Bertz CT molecular complexity index is 436. The van der Waals surface area contributed by atoms with Crippen molar-refractivity contribution in [3.63, 3.8) is 0 Å². The quantitative estimate of drug-likeness (QED) is 0.605. The van der Waals surface area contributed by atoms with Crippen molar-refractivity contribution in [1.29, 1.82) is 10.5 Å². The van der Waals surface area contributed by atoms with E-state index in [1.165, 1.54) is 13.0 Å². The van der Waals surface area contributed by atoms with Gasteiger partial charge in [-0.15, -0.1) is 0 Å². The Kier molecular flexibility index (Phi) is 2.30. The van der Waals surface area contributed by atoms with Crippen LogP contribution in [0.25, 0.3) is 0 Å². The molecule has 2 nitrogen and oxygen atoms in total. The van der Waals surface area contributed by atoms with Gasteiger partial charge >= 0.3 is 0 Å². The van der Waals surface area contributed by atoms with E-state index in [9.17, 15) is 4.39 Å². The Morgan fingerprint density at radius 1 is 1.23 bits per heavy atom. The second-order valence-corrected chi connectivity index (χ2v) is 2.78. The van der Waals surface area contributed by atoms with Crippen LogP contribution < -0.4 is 0 Å². The molecular weight excluding hydrogens is 167 g/mol. The first-order valence-corrected chi connectivity index (χ1v) is 3.71. The minimum Gasteiger partial charge on any atom is -0.205 e. The highest BCUT2D eigenvalue weighted by atomic mass is 19.1. The molecule has 1 aromatic carbocycles. The van der Waals surface area contributed by atoms with Crippen molar-refractivity contribution in [2.75, 3.05) is 0 Å². The highest BCUT2D eigenvalue weighted by Crippen LogP contribution is 2.19. The first kappa shape index (κ1) is 9.22. The Morgan fingerprint density at radius 3 is 2.31 bits per heavy atom. The summed E-state index contributed by atoms with van der Waals surface area (Å²) in [4.78, 5) is 0. The molecule has 0 aliphatic rings. The molecule has 0 heterocycles. The van der Waals surface area contributed by atoms with Gasteiger partial charge in [-0.2, -0.15) is 10.5 Å². The molecule has 0 saturated carbocycles. The van der Waals surface area contributed by atoms with Crippen LogP contribution >= 0.6 is 0 Å². The molecule has 3 heteroatoms. The summed E-state index contributed by atoms with van der Waals surface area (Å²) in [6.45, 7) is 3.11. The molecule has 0 aliphatic carbocycles. The van der Waals surface area contributed by atoms with Gasteiger partial charge in [0.2, 0.25) is 0 Å². The predicted octanol–water partition coefficient (Wildman–Crippen LogP) is 2.19. The third kappa shape index (κ3) is 1.37. The van der Waals surface area contributed by atoms with E-state index in [-0.39, 0.29) is 5.56 Å². The zero-order chi connectivity index (χ0) is 10.0. The van der Waals surface area contributed by atoms with Crippen LogP contribution in [0.2, 0.25) is 0 Å². The third-order valence-corrected chi connectivity index (χ3v) is 1.94. The van der Waals surface area contributed by atoms with Gasteiger partial charge in [-0.05, 0) is 31.0 Å². The molecular formula is C10H7FN2. The van der Waals surface area contributed by atoms with Crippen LogP contribution in [-0.2, 0) is 0 Å². The van der Waals surface area contributed by atoms with Crippen LogP contribution in [0.4, 0.5) is 4.39 Å². The lowest BCUT2D eigenvalue weighted by Crippen LogP contribution is -1.96. The zero-order valence-corrected chi connectivity index (χ0v) is 7.35. The number of hydrogen-bond acceptors (Lipinski definition) is 2. The van der Waals surface area contributed by atoms with Gasteiger partial charge in [-0.3, -0.25) is 0 Å². The van der Waals surface area contributed by atoms with Gasteiger partial charge in [0, 0.05) is 0 Å². The summed E-state index contributed by atoms with van der Waals surface area (Å²) in [5.74, 6) is -0.529. The number of hydrogen-bond donors (Lipinski definition) is 0. The normalized spacial score (nSPS) is 9.00. The fraction of sp³-hybridized carbons (Fsp3) is 0.200. The molecule has 0 bridgehead atoms. The molecule has 0 unspecified atom stereocenters. The van der Waals surface area contributed by atoms with Gasteiger partial charge in [-0.25, -0.2) is 4.39 Å². The molecule has 0 radical (unpaired) electrons. The Labute approximate surface area is 75.8 Å².